The van der Waals surface area contributed by atoms with Gasteiger partial charge in [0.05, 0.1) is 43.0 Å². The van der Waals surface area contributed by atoms with Gasteiger partial charge in [0.25, 0.3) is 11.8 Å². The molecular weight excluding hydrogens is 488 g/mol. The predicted molar refractivity (Wildman–Crippen MR) is 133 cm³/mol. The number of para-hydroxylation sites is 1. The van der Waals surface area contributed by atoms with Crippen LogP contribution >= 0.6 is 11.3 Å². The lowest BCUT2D eigenvalue weighted by molar-refractivity contribution is -0.118. The number of anilines is 2. The molecule has 2 amide bonds. The van der Waals surface area contributed by atoms with Gasteiger partial charge in [-0.1, -0.05) is 12.1 Å². The fourth-order valence-electron chi connectivity index (χ4n) is 3.21. The lowest BCUT2D eigenvalue weighted by atomic mass is 10.1. The number of ether oxygens (including phenoxy) is 4. The van der Waals surface area contributed by atoms with Gasteiger partial charge in [0, 0.05) is 0 Å². The van der Waals surface area contributed by atoms with E-state index < -0.39 is 23.8 Å². The molecule has 0 saturated heterocycles. The van der Waals surface area contributed by atoms with E-state index in [4.69, 9.17) is 18.9 Å². The minimum atomic E-state index is -0.718. The Hall–Kier alpha value is -4.38. The van der Waals surface area contributed by atoms with E-state index in [0.717, 1.165) is 11.3 Å². The molecule has 3 rings (SSSR count). The van der Waals surface area contributed by atoms with Crippen molar-refractivity contribution in [3.63, 3.8) is 0 Å². The van der Waals surface area contributed by atoms with Crippen molar-refractivity contribution in [2.75, 3.05) is 38.6 Å². The molecule has 0 atom stereocenters. The van der Waals surface area contributed by atoms with Crippen LogP contribution in [-0.4, -0.2) is 51.7 Å². The Kier molecular flexibility index (Phi) is 8.63. The fourth-order valence-corrected chi connectivity index (χ4v) is 4.32. The molecule has 0 saturated carbocycles. The quantitative estimate of drug-likeness (QED) is 0.413. The Morgan fingerprint density at radius 3 is 2.11 bits per heavy atom. The number of hydrogen-bond donors (Lipinski definition) is 2. The average molecular weight is 513 g/mol. The van der Waals surface area contributed by atoms with Gasteiger partial charge in [0.2, 0.25) is 0 Å². The number of methoxy groups -OCH3 is 3. The van der Waals surface area contributed by atoms with Crippen molar-refractivity contribution >= 4 is 45.8 Å². The second-order valence-electron chi connectivity index (χ2n) is 7.26. The van der Waals surface area contributed by atoms with Crippen LogP contribution in [0.5, 0.6) is 11.5 Å². The van der Waals surface area contributed by atoms with E-state index in [1.54, 1.807) is 49.4 Å². The molecule has 11 heteroatoms. The molecule has 0 fully saturated rings. The van der Waals surface area contributed by atoms with Gasteiger partial charge < -0.3 is 29.6 Å². The third-order valence-corrected chi connectivity index (χ3v) is 6.21. The molecule has 0 aliphatic rings. The predicted octanol–water partition coefficient (Wildman–Crippen LogP) is 3.91. The monoisotopic (exact) mass is 512 g/mol. The number of carbonyl (C=O) groups excluding carboxylic acids is 4. The minimum Gasteiger partial charge on any atom is -0.497 e. The van der Waals surface area contributed by atoms with E-state index >= 15 is 0 Å². The molecular formula is C25H24N2O8S. The summed E-state index contributed by atoms with van der Waals surface area (Å²) in [6.07, 6.45) is 0. The highest BCUT2D eigenvalue weighted by Crippen LogP contribution is 2.34. The zero-order valence-corrected chi connectivity index (χ0v) is 20.8. The normalized spacial score (nSPS) is 10.2. The molecule has 0 bridgehead atoms. The topological polar surface area (TPSA) is 129 Å². The lowest BCUT2D eigenvalue weighted by Gasteiger charge is -2.09. The maximum atomic E-state index is 13.1. The van der Waals surface area contributed by atoms with Crippen molar-refractivity contribution in [2.45, 2.75) is 6.92 Å². The van der Waals surface area contributed by atoms with Gasteiger partial charge >= 0.3 is 11.9 Å². The molecule has 1 aromatic heterocycles. The van der Waals surface area contributed by atoms with Crippen molar-refractivity contribution in [1.29, 1.82) is 0 Å². The van der Waals surface area contributed by atoms with Crippen LogP contribution in [0.2, 0.25) is 0 Å². The summed E-state index contributed by atoms with van der Waals surface area (Å²) in [5, 5.41) is 5.41. The summed E-state index contributed by atoms with van der Waals surface area (Å²) in [4.78, 5) is 50.2. The fraction of sp³-hybridized carbons (Fsp3) is 0.200. The van der Waals surface area contributed by atoms with Gasteiger partial charge in [-0.15, -0.1) is 11.3 Å². The first-order chi connectivity index (χ1) is 17.3. The van der Waals surface area contributed by atoms with Crippen LogP contribution in [0.3, 0.4) is 0 Å². The number of benzene rings is 2. The van der Waals surface area contributed by atoms with Crippen molar-refractivity contribution in [3.8, 4) is 11.5 Å². The van der Waals surface area contributed by atoms with Crippen LogP contribution in [-0.2, 0) is 14.3 Å². The first kappa shape index (κ1) is 26.2. The molecule has 10 nitrogen and oxygen atoms in total. The molecule has 0 unspecified atom stereocenters. The number of amides is 2. The smallest absolute Gasteiger partial charge is 0.341 e. The second-order valence-corrected chi connectivity index (χ2v) is 8.28. The molecule has 3 aromatic rings. The molecule has 2 N–H and O–H groups in total. The highest BCUT2D eigenvalue weighted by atomic mass is 32.1. The van der Waals surface area contributed by atoms with Crippen LogP contribution in [0.4, 0.5) is 10.7 Å². The Balaban J connectivity index is 1.80. The van der Waals surface area contributed by atoms with Crippen molar-refractivity contribution < 1.29 is 38.1 Å². The SMILES string of the molecule is COC(=O)c1ccccc1NC(=O)c1sc(NC(=O)COc2ccc(OC)cc2)c(C(=O)OC)c1C. The van der Waals surface area contributed by atoms with Gasteiger partial charge in [-0.3, -0.25) is 9.59 Å². The van der Waals surface area contributed by atoms with E-state index in [1.807, 2.05) is 0 Å². The molecule has 2 aromatic carbocycles. The Morgan fingerprint density at radius 2 is 1.47 bits per heavy atom. The van der Waals surface area contributed by atoms with Crippen molar-refractivity contribution in [2.24, 2.45) is 0 Å². The largest absolute Gasteiger partial charge is 0.497 e. The summed E-state index contributed by atoms with van der Waals surface area (Å²) in [6, 6.07) is 13.0. The van der Waals surface area contributed by atoms with E-state index in [1.165, 1.54) is 27.4 Å². The Bertz CT molecular complexity index is 1280. The van der Waals surface area contributed by atoms with Crippen LogP contribution in [0, 0.1) is 6.92 Å². The second kappa shape index (κ2) is 11.8. The summed E-state index contributed by atoms with van der Waals surface area (Å²) in [5.74, 6) is -1.36. The number of hydrogen-bond acceptors (Lipinski definition) is 9. The van der Waals surface area contributed by atoms with Crippen LogP contribution in [0.15, 0.2) is 48.5 Å². The maximum Gasteiger partial charge on any atom is 0.341 e. The van der Waals surface area contributed by atoms with Crippen molar-refractivity contribution in [1.82, 2.24) is 0 Å². The van der Waals surface area contributed by atoms with E-state index in [-0.39, 0.29) is 33.3 Å². The first-order valence-corrected chi connectivity index (χ1v) is 11.4. The van der Waals surface area contributed by atoms with Gasteiger partial charge in [-0.05, 0) is 48.9 Å². The van der Waals surface area contributed by atoms with E-state index in [0.29, 0.717) is 17.1 Å². The number of thiophene rings is 1. The summed E-state index contributed by atoms with van der Waals surface area (Å²) in [7, 11) is 3.97. The summed E-state index contributed by atoms with van der Waals surface area (Å²) >= 11 is 0.899. The maximum absolute atomic E-state index is 13.1. The highest BCUT2D eigenvalue weighted by Gasteiger charge is 2.27. The zero-order chi connectivity index (χ0) is 26.2. The third-order valence-electron chi connectivity index (χ3n) is 5.01. The number of nitrogens with one attached hydrogen (secondary N) is 2. The van der Waals surface area contributed by atoms with Crippen molar-refractivity contribution in [3.05, 3.63) is 70.1 Å². The Morgan fingerprint density at radius 1 is 0.833 bits per heavy atom. The molecule has 0 radical (unpaired) electrons. The molecule has 188 valence electrons. The first-order valence-electron chi connectivity index (χ1n) is 10.6. The van der Waals surface area contributed by atoms with Crippen LogP contribution in [0.1, 0.15) is 36.0 Å². The molecule has 0 aliphatic heterocycles. The number of rotatable bonds is 9. The van der Waals surface area contributed by atoms with Gasteiger partial charge in [-0.2, -0.15) is 0 Å². The van der Waals surface area contributed by atoms with E-state index in [9.17, 15) is 19.2 Å². The summed E-state index contributed by atoms with van der Waals surface area (Å²) < 4.78 is 20.2. The number of esters is 2. The minimum absolute atomic E-state index is 0.0479. The van der Waals surface area contributed by atoms with Gasteiger partial charge in [0.15, 0.2) is 6.61 Å². The van der Waals surface area contributed by atoms with Gasteiger partial charge in [-0.25, -0.2) is 9.59 Å². The van der Waals surface area contributed by atoms with E-state index in [2.05, 4.69) is 10.6 Å². The summed E-state index contributed by atoms with van der Waals surface area (Å²) in [5.41, 5.74) is 0.762. The highest BCUT2D eigenvalue weighted by molar-refractivity contribution is 7.19. The third kappa shape index (κ3) is 5.99. The summed E-state index contributed by atoms with van der Waals surface area (Å²) in [6.45, 7) is 1.23. The van der Waals surface area contributed by atoms with Crippen LogP contribution < -0.4 is 20.1 Å². The van der Waals surface area contributed by atoms with Gasteiger partial charge in [0.1, 0.15) is 16.5 Å². The standard InChI is InChI=1S/C25H24N2O8S/c1-14-20(25(31)34-4)23(27-19(28)13-35-16-11-9-15(32-2)10-12-16)36-21(14)22(29)26-18-8-6-5-7-17(18)24(30)33-3/h5-12H,13H2,1-4H3,(H,26,29)(H,27,28). The lowest BCUT2D eigenvalue weighted by Crippen LogP contribution is -2.21. The molecule has 36 heavy (non-hydrogen) atoms. The molecule has 0 spiro atoms. The average Bonchev–Trinajstić information content (AvgIpc) is 3.22. The number of carbonyl (C=O) groups is 4. The van der Waals surface area contributed by atoms with Crippen LogP contribution in [0.25, 0.3) is 0 Å². The molecule has 0 aliphatic carbocycles. The zero-order valence-electron chi connectivity index (χ0n) is 20.0. The Labute approximate surface area is 211 Å². The molecule has 1 heterocycles.